The summed E-state index contributed by atoms with van der Waals surface area (Å²) in [5.74, 6) is -0.379. The molecule has 4 rings (SSSR count). The lowest BCUT2D eigenvalue weighted by molar-refractivity contribution is -0.140. The van der Waals surface area contributed by atoms with Crippen LogP contribution in [0.4, 0.5) is 0 Å². The van der Waals surface area contributed by atoms with Gasteiger partial charge in [-0.15, -0.1) is 0 Å². The third-order valence-electron chi connectivity index (χ3n) is 6.74. The highest BCUT2D eigenvalue weighted by molar-refractivity contribution is 6.46. The van der Waals surface area contributed by atoms with Gasteiger partial charge in [-0.3, -0.25) is 14.5 Å². The van der Waals surface area contributed by atoms with E-state index in [1.165, 1.54) is 0 Å². The molecule has 0 radical (unpaired) electrons. The van der Waals surface area contributed by atoms with Gasteiger partial charge in [-0.2, -0.15) is 0 Å². The van der Waals surface area contributed by atoms with E-state index < -0.39 is 17.7 Å². The molecule has 2 fully saturated rings. The van der Waals surface area contributed by atoms with E-state index in [4.69, 9.17) is 21.1 Å². The van der Waals surface area contributed by atoms with Crippen molar-refractivity contribution in [1.29, 1.82) is 0 Å². The lowest BCUT2D eigenvalue weighted by Gasteiger charge is -2.29. The molecule has 37 heavy (non-hydrogen) atoms. The molecular formula is C29H35ClN2O5. The van der Waals surface area contributed by atoms with E-state index in [1.807, 2.05) is 13.0 Å². The summed E-state index contributed by atoms with van der Waals surface area (Å²) >= 11 is 6.12. The van der Waals surface area contributed by atoms with Crippen molar-refractivity contribution in [2.75, 3.05) is 46.0 Å². The molecule has 1 N–H and O–H groups in total. The predicted octanol–water partition coefficient (Wildman–Crippen LogP) is 4.83. The number of likely N-dealkylation sites (tertiary alicyclic amines) is 1. The maximum Gasteiger partial charge on any atom is 0.295 e. The van der Waals surface area contributed by atoms with Gasteiger partial charge >= 0.3 is 0 Å². The van der Waals surface area contributed by atoms with E-state index in [0.29, 0.717) is 55.0 Å². The summed E-state index contributed by atoms with van der Waals surface area (Å²) in [4.78, 5) is 30.4. The molecule has 2 aromatic carbocycles. The summed E-state index contributed by atoms with van der Waals surface area (Å²) in [6.07, 6.45) is 0.706. The van der Waals surface area contributed by atoms with Crippen LogP contribution in [0.2, 0.25) is 5.02 Å². The van der Waals surface area contributed by atoms with Gasteiger partial charge in [0.15, 0.2) is 0 Å². The van der Waals surface area contributed by atoms with Crippen molar-refractivity contribution >= 4 is 29.1 Å². The van der Waals surface area contributed by atoms with Gasteiger partial charge in [0, 0.05) is 36.8 Å². The van der Waals surface area contributed by atoms with Crippen LogP contribution in [-0.4, -0.2) is 72.6 Å². The van der Waals surface area contributed by atoms with Gasteiger partial charge in [0.2, 0.25) is 0 Å². The van der Waals surface area contributed by atoms with E-state index in [2.05, 4.69) is 18.7 Å². The Balaban J connectivity index is 1.65. The van der Waals surface area contributed by atoms with Crippen molar-refractivity contribution in [2.45, 2.75) is 33.2 Å². The van der Waals surface area contributed by atoms with Gasteiger partial charge < -0.3 is 19.5 Å². The van der Waals surface area contributed by atoms with E-state index in [-0.39, 0.29) is 11.3 Å². The molecule has 0 aromatic heterocycles. The van der Waals surface area contributed by atoms with Gasteiger partial charge in [0.1, 0.15) is 11.5 Å². The van der Waals surface area contributed by atoms with Crippen LogP contribution in [0.25, 0.3) is 5.76 Å². The summed E-state index contributed by atoms with van der Waals surface area (Å²) < 4.78 is 11.2. The second-order valence-electron chi connectivity index (χ2n) is 10.0. The predicted molar refractivity (Wildman–Crippen MR) is 144 cm³/mol. The monoisotopic (exact) mass is 526 g/mol. The molecule has 0 saturated carbocycles. The number of hydrogen-bond acceptors (Lipinski definition) is 6. The molecule has 0 aliphatic carbocycles. The van der Waals surface area contributed by atoms with Crippen molar-refractivity contribution in [3.05, 3.63) is 69.8 Å². The number of carbonyl (C=O) groups is 2. The highest BCUT2D eigenvalue weighted by atomic mass is 35.5. The molecule has 0 unspecified atom stereocenters. The molecule has 1 atom stereocenters. The SMILES string of the molecule is Cc1cc(OCC(C)C)ccc1C(O)=C1C(=O)C(=O)N(CCCN2CCOCC2)[C@H]1c1ccc(Cl)cc1. The smallest absolute Gasteiger partial charge is 0.295 e. The Bertz CT molecular complexity index is 1160. The standard InChI is InChI=1S/C29H35ClN2O5/c1-19(2)18-37-23-9-10-24(20(3)17-23)27(33)25-26(21-5-7-22(30)8-6-21)32(29(35)28(25)34)12-4-11-31-13-15-36-16-14-31/h5-10,17,19,26,33H,4,11-16,18H2,1-3H3/t26-/m0/s1. The molecule has 0 spiro atoms. The van der Waals surface area contributed by atoms with Crippen molar-refractivity contribution in [1.82, 2.24) is 9.80 Å². The lowest BCUT2D eigenvalue weighted by atomic mass is 9.94. The molecule has 198 valence electrons. The molecule has 2 aliphatic rings. The Hall–Kier alpha value is -2.87. The van der Waals surface area contributed by atoms with Crippen LogP contribution in [0.5, 0.6) is 5.75 Å². The lowest BCUT2D eigenvalue weighted by Crippen LogP contribution is -2.38. The van der Waals surface area contributed by atoms with Crippen molar-refractivity contribution < 1.29 is 24.2 Å². The molecule has 2 saturated heterocycles. The van der Waals surface area contributed by atoms with Crippen LogP contribution in [-0.2, 0) is 14.3 Å². The molecule has 1 amide bonds. The molecular weight excluding hydrogens is 492 g/mol. The molecule has 8 heteroatoms. The number of ketones is 1. The Morgan fingerprint density at radius 3 is 2.46 bits per heavy atom. The van der Waals surface area contributed by atoms with Gasteiger partial charge in [-0.25, -0.2) is 0 Å². The first-order chi connectivity index (χ1) is 17.8. The summed E-state index contributed by atoms with van der Waals surface area (Å²) in [6.45, 7) is 10.9. The Morgan fingerprint density at radius 1 is 1.11 bits per heavy atom. The summed E-state index contributed by atoms with van der Waals surface area (Å²) in [7, 11) is 0. The Labute approximate surface area is 223 Å². The van der Waals surface area contributed by atoms with Gasteiger partial charge in [0.25, 0.3) is 11.7 Å². The second kappa shape index (κ2) is 12.1. The van der Waals surface area contributed by atoms with Crippen LogP contribution in [0.3, 0.4) is 0 Å². The van der Waals surface area contributed by atoms with Crippen LogP contribution in [0.15, 0.2) is 48.0 Å². The number of rotatable bonds is 9. The fraction of sp³-hybridized carbons (Fsp3) is 0.448. The third kappa shape index (κ3) is 6.35. The largest absolute Gasteiger partial charge is 0.507 e. The highest BCUT2D eigenvalue weighted by Crippen LogP contribution is 2.40. The number of Topliss-reactive ketones (excluding diaryl/α,β-unsaturated/α-hetero) is 1. The fourth-order valence-corrected chi connectivity index (χ4v) is 4.92. The number of benzene rings is 2. The van der Waals surface area contributed by atoms with E-state index >= 15 is 0 Å². The molecule has 2 aromatic rings. The zero-order valence-corrected chi connectivity index (χ0v) is 22.5. The minimum atomic E-state index is -0.696. The van der Waals surface area contributed by atoms with Gasteiger partial charge in [-0.05, 0) is 60.7 Å². The minimum Gasteiger partial charge on any atom is -0.507 e. The average Bonchev–Trinajstić information content (AvgIpc) is 3.13. The first kappa shape index (κ1) is 27.2. The fourth-order valence-electron chi connectivity index (χ4n) is 4.79. The number of ether oxygens (including phenoxy) is 2. The average molecular weight is 527 g/mol. The zero-order valence-electron chi connectivity index (χ0n) is 21.7. The van der Waals surface area contributed by atoms with Gasteiger partial charge in [0.05, 0.1) is 31.4 Å². The van der Waals surface area contributed by atoms with E-state index in [1.54, 1.807) is 41.3 Å². The number of aliphatic hydroxyl groups excluding tert-OH is 1. The Kier molecular flexibility index (Phi) is 8.90. The second-order valence-corrected chi connectivity index (χ2v) is 10.5. The summed E-state index contributed by atoms with van der Waals surface area (Å²) in [5, 5.41) is 12.0. The van der Waals surface area contributed by atoms with Crippen molar-refractivity contribution in [2.24, 2.45) is 5.92 Å². The first-order valence-electron chi connectivity index (χ1n) is 12.8. The maximum atomic E-state index is 13.3. The van der Waals surface area contributed by atoms with Crippen LogP contribution in [0.1, 0.15) is 43.0 Å². The van der Waals surface area contributed by atoms with Crippen LogP contribution < -0.4 is 4.74 Å². The molecule has 2 aliphatic heterocycles. The Morgan fingerprint density at radius 2 is 1.81 bits per heavy atom. The number of nitrogens with zero attached hydrogens (tertiary/aromatic N) is 2. The number of morpholine rings is 1. The summed E-state index contributed by atoms with van der Waals surface area (Å²) in [5.41, 5.74) is 2.08. The van der Waals surface area contributed by atoms with Crippen LogP contribution >= 0.6 is 11.6 Å². The number of aryl methyl sites for hydroxylation is 1. The van der Waals surface area contributed by atoms with Gasteiger partial charge in [-0.1, -0.05) is 37.6 Å². The van der Waals surface area contributed by atoms with E-state index in [9.17, 15) is 14.7 Å². The van der Waals surface area contributed by atoms with Crippen LogP contribution in [0, 0.1) is 12.8 Å². The molecule has 0 bridgehead atoms. The highest BCUT2D eigenvalue weighted by Gasteiger charge is 2.46. The van der Waals surface area contributed by atoms with Crippen molar-refractivity contribution in [3.63, 3.8) is 0 Å². The normalized spacial score (nSPS) is 20.1. The number of carbonyl (C=O) groups excluding carboxylic acids is 2. The molecule has 2 heterocycles. The first-order valence-corrected chi connectivity index (χ1v) is 13.2. The van der Waals surface area contributed by atoms with E-state index in [0.717, 1.165) is 30.8 Å². The zero-order chi connectivity index (χ0) is 26.5. The molecule has 7 nitrogen and oxygen atoms in total. The quantitative estimate of drug-likeness (QED) is 0.286. The third-order valence-corrected chi connectivity index (χ3v) is 6.99. The number of aliphatic hydroxyl groups is 1. The topological polar surface area (TPSA) is 79.3 Å². The van der Waals surface area contributed by atoms with Crippen molar-refractivity contribution in [3.8, 4) is 5.75 Å². The minimum absolute atomic E-state index is 0.0950. The number of halogens is 1. The summed E-state index contributed by atoms with van der Waals surface area (Å²) in [6, 6.07) is 11.7. The number of hydrogen-bond donors (Lipinski definition) is 1. The maximum absolute atomic E-state index is 13.3. The number of amides is 1.